The zero-order valence-corrected chi connectivity index (χ0v) is 17.8. The van der Waals surface area contributed by atoms with Gasteiger partial charge in [-0.1, -0.05) is 12.1 Å². The van der Waals surface area contributed by atoms with Gasteiger partial charge in [0.05, 0.1) is 27.4 Å². The number of anilines is 2. The van der Waals surface area contributed by atoms with Crippen molar-refractivity contribution in [2.24, 2.45) is 0 Å². The number of hydrogen-bond acceptors (Lipinski definition) is 6. The Morgan fingerprint density at radius 1 is 1.00 bits per heavy atom. The van der Waals surface area contributed by atoms with E-state index in [1.54, 1.807) is 33.3 Å². The van der Waals surface area contributed by atoms with Crippen LogP contribution in [0.25, 0.3) is 0 Å². The van der Waals surface area contributed by atoms with Gasteiger partial charge in [0.25, 0.3) is 0 Å². The van der Waals surface area contributed by atoms with E-state index in [-0.39, 0.29) is 12.5 Å². The van der Waals surface area contributed by atoms with Crippen LogP contribution in [0.15, 0.2) is 36.4 Å². The summed E-state index contributed by atoms with van der Waals surface area (Å²) in [7, 11) is 3.18. The smallest absolute Gasteiger partial charge is 0.411 e. The first-order chi connectivity index (χ1) is 14.5. The lowest BCUT2D eigenvalue weighted by molar-refractivity contribution is -0.119. The van der Waals surface area contributed by atoms with Crippen molar-refractivity contribution in [3.05, 3.63) is 47.5 Å². The highest BCUT2D eigenvalue weighted by Gasteiger charge is 2.09. The number of hydrogen-bond donors (Lipinski definition) is 3. The Hall–Kier alpha value is -3.42. The number of carbonyl (C=O) groups excluding carboxylic acids is 2. The molecule has 0 atom stereocenters. The average molecular weight is 415 g/mol. The Labute approximate surface area is 176 Å². The van der Waals surface area contributed by atoms with Gasteiger partial charge < -0.3 is 24.8 Å². The van der Waals surface area contributed by atoms with Crippen molar-refractivity contribution in [2.45, 2.75) is 20.3 Å². The molecule has 0 aliphatic heterocycles. The average Bonchev–Trinajstić information content (AvgIpc) is 2.74. The molecule has 162 valence electrons. The molecule has 30 heavy (non-hydrogen) atoms. The summed E-state index contributed by atoms with van der Waals surface area (Å²) in [6.45, 7) is 4.52. The molecule has 0 fully saturated rings. The molecule has 2 aromatic rings. The topological polar surface area (TPSA) is 97.9 Å². The summed E-state index contributed by atoms with van der Waals surface area (Å²) in [6.07, 6.45) is 0.162. The first-order valence-electron chi connectivity index (χ1n) is 9.73. The van der Waals surface area contributed by atoms with Gasteiger partial charge in [-0.2, -0.15) is 0 Å². The molecule has 8 nitrogen and oxygen atoms in total. The lowest BCUT2D eigenvalue weighted by atomic mass is 10.1. The standard InChI is InChI=1S/C22H29N3O5/c1-5-30-22(27)25-18-8-6-7-17(15(18)2)24-14-21(26)23-12-11-16-9-10-19(28-3)20(13-16)29-4/h6-10,13,24H,5,11-12,14H2,1-4H3,(H,23,26)(H,25,27). The van der Waals surface area contributed by atoms with E-state index in [9.17, 15) is 9.59 Å². The van der Waals surface area contributed by atoms with Gasteiger partial charge in [-0.25, -0.2) is 4.79 Å². The number of benzene rings is 2. The van der Waals surface area contributed by atoms with E-state index in [4.69, 9.17) is 14.2 Å². The van der Waals surface area contributed by atoms with Crippen LogP contribution in [0.2, 0.25) is 0 Å². The molecule has 0 aliphatic rings. The van der Waals surface area contributed by atoms with Crippen molar-refractivity contribution in [1.82, 2.24) is 5.32 Å². The minimum Gasteiger partial charge on any atom is -0.493 e. The van der Waals surface area contributed by atoms with Crippen LogP contribution in [0.3, 0.4) is 0 Å². The second kappa shape index (κ2) is 11.5. The fourth-order valence-electron chi connectivity index (χ4n) is 2.86. The van der Waals surface area contributed by atoms with Crippen LogP contribution in [0.5, 0.6) is 11.5 Å². The maximum atomic E-state index is 12.2. The van der Waals surface area contributed by atoms with Crippen LogP contribution >= 0.6 is 0 Å². The molecule has 0 unspecified atom stereocenters. The Morgan fingerprint density at radius 3 is 2.43 bits per heavy atom. The summed E-state index contributed by atoms with van der Waals surface area (Å²) in [4.78, 5) is 23.8. The monoisotopic (exact) mass is 415 g/mol. The molecule has 2 rings (SSSR count). The molecule has 0 aromatic heterocycles. The lowest BCUT2D eigenvalue weighted by Gasteiger charge is -2.14. The Bertz CT molecular complexity index is 870. The number of methoxy groups -OCH3 is 2. The fraction of sp³-hybridized carbons (Fsp3) is 0.364. The molecule has 2 amide bonds. The zero-order valence-electron chi connectivity index (χ0n) is 17.8. The third-order valence-electron chi connectivity index (χ3n) is 4.47. The van der Waals surface area contributed by atoms with Gasteiger partial charge in [-0.15, -0.1) is 0 Å². The predicted molar refractivity (Wildman–Crippen MR) is 117 cm³/mol. The third kappa shape index (κ3) is 6.58. The maximum Gasteiger partial charge on any atom is 0.411 e. The van der Waals surface area contributed by atoms with Crippen LogP contribution in [0.1, 0.15) is 18.1 Å². The lowest BCUT2D eigenvalue weighted by Crippen LogP contribution is -2.31. The van der Waals surface area contributed by atoms with Crippen molar-refractivity contribution >= 4 is 23.4 Å². The molecule has 0 bridgehead atoms. The SMILES string of the molecule is CCOC(=O)Nc1cccc(NCC(=O)NCCc2ccc(OC)c(OC)c2)c1C. The summed E-state index contributed by atoms with van der Waals surface area (Å²) in [5.74, 6) is 1.21. The van der Waals surface area contributed by atoms with Crippen LogP contribution < -0.4 is 25.4 Å². The summed E-state index contributed by atoms with van der Waals surface area (Å²) < 4.78 is 15.4. The number of carbonyl (C=O) groups is 2. The Morgan fingerprint density at radius 2 is 1.73 bits per heavy atom. The minimum atomic E-state index is -0.509. The Balaban J connectivity index is 1.83. The summed E-state index contributed by atoms with van der Waals surface area (Å²) >= 11 is 0. The van der Waals surface area contributed by atoms with Gasteiger partial charge in [0.2, 0.25) is 5.91 Å². The molecule has 3 N–H and O–H groups in total. The molecule has 0 saturated heterocycles. The molecule has 0 radical (unpaired) electrons. The van der Waals surface area contributed by atoms with Crippen LogP contribution in [-0.4, -0.2) is 45.9 Å². The van der Waals surface area contributed by atoms with Crippen molar-refractivity contribution in [3.8, 4) is 11.5 Å². The summed E-state index contributed by atoms with van der Waals surface area (Å²) in [5, 5.41) is 8.68. The highest BCUT2D eigenvalue weighted by atomic mass is 16.5. The molecular weight excluding hydrogens is 386 g/mol. The first kappa shape index (κ1) is 22.9. The summed E-state index contributed by atoms with van der Waals surface area (Å²) in [5.41, 5.74) is 3.25. The van der Waals surface area contributed by atoms with Gasteiger partial charge >= 0.3 is 6.09 Å². The number of nitrogens with one attached hydrogen (secondary N) is 3. The van der Waals surface area contributed by atoms with Crippen molar-refractivity contribution in [1.29, 1.82) is 0 Å². The predicted octanol–water partition coefficient (Wildman–Crippen LogP) is 3.35. The van der Waals surface area contributed by atoms with E-state index in [1.807, 2.05) is 31.2 Å². The van der Waals surface area contributed by atoms with Crippen molar-refractivity contribution in [3.63, 3.8) is 0 Å². The molecule has 0 heterocycles. The van der Waals surface area contributed by atoms with E-state index in [2.05, 4.69) is 16.0 Å². The molecule has 0 spiro atoms. The number of ether oxygens (including phenoxy) is 3. The van der Waals surface area contributed by atoms with Crippen LogP contribution in [0.4, 0.5) is 16.2 Å². The van der Waals surface area contributed by atoms with Crippen LogP contribution in [0, 0.1) is 6.92 Å². The molecule has 0 saturated carbocycles. The van der Waals surface area contributed by atoms with Gasteiger partial charge in [0.15, 0.2) is 11.5 Å². The Kier molecular flexibility index (Phi) is 8.80. The molecule has 2 aromatic carbocycles. The highest BCUT2D eigenvalue weighted by Crippen LogP contribution is 2.27. The first-order valence-corrected chi connectivity index (χ1v) is 9.73. The zero-order chi connectivity index (χ0) is 21.9. The van der Waals surface area contributed by atoms with E-state index in [1.165, 1.54) is 0 Å². The maximum absolute atomic E-state index is 12.2. The van der Waals surface area contributed by atoms with Gasteiger partial charge in [0, 0.05) is 17.9 Å². The normalized spacial score (nSPS) is 10.1. The van der Waals surface area contributed by atoms with Crippen molar-refractivity contribution < 1.29 is 23.8 Å². The third-order valence-corrected chi connectivity index (χ3v) is 4.47. The fourth-order valence-corrected chi connectivity index (χ4v) is 2.86. The van der Waals surface area contributed by atoms with Gasteiger partial charge in [-0.3, -0.25) is 10.1 Å². The number of amides is 2. The van der Waals surface area contributed by atoms with Crippen molar-refractivity contribution in [2.75, 3.05) is 44.5 Å². The minimum absolute atomic E-state index is 0.121. The van der Waals surface area contributed by atoms with Gasteiger partial charge in [-0.05, 0) is 55.7 Å². The van der Waals surface area contributed by atoms with E-state index in [0.29, 0.717) is 36.8 Å². The second-order valence-electron chi connectivity index (χ2n) is 6.47. The molecule has 0 aliphatic carbocycles. The molecular formula is C22H29N3O5. The van der Waals surface area contributed by atoms with Crippen LogP contribution in [-0.2, 0) is 16.0 Å². The molecule has 8 heteroatoms. The van der Waals surface area contributed by atoms with E-state index < -0.39 is 6.09 Å². The van der Waals surface area contributed by atoms with E-state index >= 15 is 0 Å². The number of rotatable bonds is 10. The van der Waals surface area contributed by atoms with Gasteiger partial charge in [0.1, 0.15) is 0 Å². The van der Waals surface area contributed by atoms with E-state index in [0.717, 1.165) is 16.8 Å². The largest absolute Gasteiger partial charge is 0.493 e. The highest BCUT2D eigenvalue weighted by molar-refractivity contribution is 5.87. The summed E-state index contributed by atoms with van der Waals surface area (Å²) in [6, 6.07) is 11.1. The second-order valence-corrected chi connectivity index (χ2v) is 6.47. The quantitative estimate of drug-likeness (QED) is 0.551.